The third-order valence-corrected chi connectivity index (χ3v) is 4.27. The lowest BCUT2D eigenvalue weighted by molar-refractivity contribution is 0.960. The molecule has 0 bridgehead atoms. The first-order valence-corrected chi connectivity index (χ1v) is 7.88. The molecule has 21 heavy (non-hydrogen) atoms. The zero-order valence-corrected chi connectivity index (χ0v) is 14.0. The second kappa shape index (κ2) is 6.76. The summed E-state index contributed by atoms with van der Waals surface area (Å²) in [6.07, 6.45) is 4.68. The van der Waals surface area contributed by atoms with Gasteiger partial charge in [-0.2, -0.15) is 0 Å². The largest absolute Gasteiger partial charge is 0.0761 e. The fourth-order valence-electron chi connectivity index (χ4n) is 2.51. The summed E-state index contributed by atoms with van der Waals surface area (Å²) in [5.74, 6) is 0. The summed E-state index contributed by atoms with van der Waals surface area (Å²) in [5, 5.41) is 0. The highest BCUT2D eigenvalue weighted by atomic mass is 14.1. The predicted molar refractivity (Wildman–Crippen MR) is 93.8 cm³/mol. The van der Waals surface area contributed by atoms with Gasteiger partial charge >= 0.3 is 0 Å². The third kappa shape index (κ3) is 3.64. The van der Waals surface area contributed by atoms with E-state index in [-0.39, 0.29) is 0 Å². The lowest BCUT2D eigenvalue weighted by Crippen LogP contribution is -1.93. The zero-order valence-electron chi connectivity index (χ0n) is 14.0. The van der Waals surface area contributed by atoms with E-state index in [1.807, 2.05) is 0 Å². The van der Waals surface area contributed by atoms with Crippen molar-refractivity contribution in [2.24, 2.45) is 0 Å². The Balaban J connectivity index is 2.52. The molecule has 0 aliphatic rings. The van der Waals surface area contributed by atoms with Crippen LogP contribution in [0.5, 0.6) is 0 Å². The Morgan fingerprint density at radius 1 is 0.762 bits per heavy atom. The molecule has 2 rings (SSSR count). The average Bonchev–Trinajstić information content (AvgIpc) is 2.46. The van der Waals surface area contributed by atoms with Gasteiger partial charge in [0.1, 0.15) is 0 Å². The number of hydrogen-bond donors (Lipinski definition) is 0. The van der Waals surface area contributed by atoms with E-state index in [0.29, 0.717) is 0 Å². The zero-order chi connectivity index (χ0) is 15.4. The molecule has 0 aliphatic heterocycles. The molecule has 0 fully saturated rings. The molecule has 0 heterocycles. The monoisotopic (exact) mass is 278 g/mol. The van der Waals surface area contributed by atoms with Crippen molar-refractivity contribution < 1.29 is 0 Å². The molecule has 0 saturated carbocycles. The smallest absolute Gasteiger partial charge is 0.0151 e. The van der Waals surface area contributed by atoms with Crippen molar-refractivity contribution in [1.82, 2.24) is 0 Å². The lowest BCUT2D eigenvalue weighted by Gasteiger charge is -2.13. The van der Waals surface area contributed by atoms with Crippen molar-refractivity contribution in [3.8, 4) is 0 Å². The van der Waals surface area contributed by atoms with Gasteiger partial charge in [-0.05, 0) is 73.1 Å². The Labute approximate surface area is 129 Å². The summed E-state index contributed by atoms with van der Waals surface area (Å²) >= 11 is 0. The summed E-state index contributed by atoms with van der Waals surface area (Å²) in [4.78, 5) is 0. The maximum absolute atomic E-state index is 2.38. The van der Waals surface area contributed by atoms with Gasteiger partial charge in [-0.25, -0.2) is 0 Å². The van der Waals surface area contributed by atoms with Gasteiger partial charge in [0.05, 0.1) is 0 Å². The van der Waals surface area contributed by atoms with E-state index >= 15 is 0 Å². The van der Waals surface area contributed by atoms with Crippen molar-refractivity contribution in [2.45, 2.75) is 47.5 Å². The Hall–Kier alpha value is -1.82. The quantitative estimate of drug-likeness (QED) is 0.629. The van der Waals surface area contributed by atoms with E-state index in [1.165, 1.54) is 45.4 Å². The van der Waals surface area contributed by atoms with Crippen molar-refractivity contribution >= 4 is 5.57 Å². The molecule has 0 N–H and O–H groups in total. The Morgan fingerprint density at radius 3 is 1.62 bits per heavy atom. The minimum absolute atomic E-state index is 1.12. The summed E-state index contributed by atoms with van der Waals surface area (Å²) < 4.78 is 0. The first kappa shape index (κ1) is 15.6. The van der Waals surface area contributed by atoms with E-state index in [1.54, 1.807) is 0 Å². The van der Waals surface area contributed by atoms with E-state index in [2.05, 4.69) is 77.1 Å². The van der Waals surface area contributed by atoms with Crippen LogP contribution >= 0.6 is 0 Å². The molecular formula is C21H26. The van der Waals surface area contributed by atoms with Crippen LogP contribution in [-0.2, 0) is 0 Å². The summed E-state index contributed by atoms with van der Waals surface area (Å²) in [7, 11) is 0. The predicted octanol–water partition coefficient (Wildman–Crippen LogP) is 6.15. The number of allylic oxidation sites excluding steroid dienone is 1. The minimum Gasteiger partial charge on any atom is -0.0761 e. The number of unbranched alkanes of at least 4 members (excludes halogenated alkanes) is 1. The molecular weight excluding hydrogens is 252 g/mol. The Bertz CT molecular complexity index is 606. The SMILES string of the molecule is CCCC=C(c1ccc(C)c(C)c1)c1ccc(C)c(C)c1. The maximum Gasteiger partial charge on any atom is -0.0151 e. The number of benzene rings is 2. The molecule has 0 aliphatic carbocycles. The number of hydrogen-bond acceptors (Lipinski definition) is 0. The summed E-state index contributed by atoms with van der Waals surface area (Å²) in [5.41, 5.74) is 9.45. The Kier molecular flexibility index (Phi) is 5.01. The topological polar surface area (TPSA) is 0 Å². The molecule has 2 aromatic rings. The first-order chi connectivity index (χ1) is 10.0. The first-order valence-electron chi connectivity index (χ1n) is 7.88. The fraction of sp³-hybridized carbons (Fsp3) is 0.333. The van der Waals surface area contributed by atoms with Crippen LogP contribution in [0, 0.1) is 27.7 Å². The highest BCUT2D eigenvalue weighted by Gasteiger charge is 2.07. The van der Waals surface area contributed by atoms with Gasteiger partial charge in [0.2, 0.25) is 0 Å². The molecule has 0 amide bonds. The van der Waals surface area contributed by atoms with Gasteiger partial charge in [0.15, 0.2) is 0 Å². The second-order valence-electron chi connectivity index (χ2n) is 6.00. The second-order valence-corrected chi connectivity index (χ2v) is 6.00. The highest BCUT2D eigenvalue weighted by molar-refractivity contribution is 5.80. The number of rotatable bonds is 4. The molecule has 0 aromatic heterocycles. The van der Waals surface area contributed by atoms with Crippen molar-refractivity contribution in [1.29, 1.82) is 0 Å². The third-order valence-electron chi connectivity index (χ3n) is 4.27. The van der Waals surface area contributed by atoms with Crippen LogP contribution in [0.1, 0.15) is 53.1 Å². The van der Waals surface area contributed by atoms with Gasteiger partial charge < -0.3 is 0 Å². The minimum atomic E-state index is 1.12. The van der Waals surface area contributed by atoms with Crippen molar-refractivity contribution in [2.75, 3.05) is 0 Å². The normalized spacial score (nSPS) is 10.5. The summed E-state index contributed by atoms with van der Waals surface area (Å²) in [6, 6.07) is 13.6. The molecule has 0 heteroatoms. The molecule has 0 radical (unpaired) electrons. The summed E-state index contributed by atoms with van der Waals surface area (Å²) in [6.45, 7) is 11.0. The van der Waals surface area contributed by atoms with Gasteiger partial charge in [0, 0.05) is 0 Å². The molecule has 0 unspecified atom stereocenters. The molecule has 110 valence electrons. The lowest BCUT2D eigenvalue weighted by atomic mass is 9.92. The van der Waals surface area contributed by atoms with Gasteiger partial charge in [-0.15, -0.1) is 0 Å². The van der Waals surface area contributed by atoms with Gasteiger partial charge in [0.25, 0.3) is 0 Å². The van der Waals surface area contributed by atoms with Crippen LogP contribution in [0.15, 0.2) is 42.5 Å². The van der Waals surface area contributed by atoms with E-state index in [4.69, 9.17) is 0 Å². The van der Waals surface area contributed by atoms with Crippen molar-refractivity contribution in [3.63, 3.8) is 0 Å². The molecule has 2 aromatic carbocycles. The maximum atomic E-state index is 2.38. The average molecular weight is 278 g/mol. The van der Waals surface area contributed by atoms with Gasteiger partial charge in [-0.3, -0.25) is 0 Å². The van der Waals surface area contributed by atoms with E-state index in [0.717, 1.165) is 6.42 Å². The molecule has 0 spiro atoms. The van der Waals surface area contributed by atoms with Crippen LogP contribution in [0.2, 0.25) is 0 Å². The molecule has 0 nitrogen and oxygen atoms in total. The molecule has 0 saturated heterocycles. The van der Waals surface area contributed by atoms with Crippen LogP contribution in [-0.4, -0.2) is 0 Å². The van der Waals surface area contributed by atoms with Crippen molar-refractivity contribution in [3.05, 3.63) is 75.9 Å². The molecule has 0 atom stereocenters. The van der Waals surface area contributed by atoms with Crippen LogP contribution in [0.4, 0.5) is 0 Å². The van der Waals surface area contributed by atoms with Gasteiger partial charge in [-0.1, -0.05) is 55.8 Å². The van der Waals surface area contributed by atoms with Crippen LogP contribution < -0.4 is 0 Å². The van der Waals surface area contributed by atoms with E-state index < -0.39 is 0 Å². The van der Waals surface area contributed by atoms with Crippen LogP contribution in [0.3, 0.4) is 0 Å². The van der Waals surface area contributed by atoms with Crippen LogP contribution in [0.25, 0.3) is 5.57 Å². The fourth-order valence-corrected chi connectivity index (χ4v) is 2.51. The van der Waals surface area contributed by atoms with E-state index in [9.17, 15) is 0 Å². The number of aryl methyl sites for hydroxylation is 4. The standard InChI is InChI=1S/C21H26/c1-6-7-8-21(19-11-9-15(2)17(4)13-19)20-12-10-16(3)18(5)14-20/h8-14H,6-7H2,1-5H3. The Morgan fingerprint density at radius 2 is 1.24 bits per heavy atom. The highest BCUT2D eigenvalue weighted by Crippen LogP contribution is 2.27.